The number of hydrogen-bond donors (Lipinski definition) is 2. The molecule has 2 atom stereocenters. The molecule has 0 aromatic carbocycles. The van der Waals surface area contributed by atoms with Gasteiger partial charge in [-0.2, -0.15) is 8.42 Å². The summed E-state index contributed by atoms with van der Waals surface area (Å²) < 4.78 is 31.5. The quantitative estimate of drug-likeness (QED) is 0.450. The zero-order valence-corrected chi connectivity index (χ0v) is 12.5. The van der Waals surface area contributed by atoms with Gasteiger partial charge in [-0.25, -0.2) is 0 Å². The van der Waals surface area contributed by atoms with Crippen LogP contribution >= 0.6 is 0 Å². The Labute approximate surface area is 112 Å². The first-order valence-electron chi connectivity index (χ1n) is 7.06. The number of aliphatic hydroxyl groups excluding tert-OH is 1. The molecule has 5 heteroatoms. The Kier molecular flexibility index (Phi) is 9.68. The van der Waals surface area contributed by atoms with E-state index in [2.05, 4.69) is 0 Å². The van der Waals surface area contributed by atoms with Crippen molar-refractivity contribution >= 4 is 10.1 Å². The minimum absolute atomic E-state index is 0.234. The molecule has 0 aromatic rings. The maximum Gasteiger partial charge on any atom is 0.267 e. The van der Waals surface area contributed by atoms with Crippen LogP contribution in [0.2, 0.25) is 0 Å². The van der Waals surface area contributed by atoms with E-state index in [9.17, 15) is 13.5 Å². The van der Waals surface area contributed by atoms with E-state index in [1.165, 1.54) is 0 Å². The third-order valence-corrected chi connectivity index (χ3v) is 4.65. The predicted octanol–water partition coefficient (Wildman–Crippen LogP) is 3.15. The highest BCUT2D eigenvalue weighted by Gasteiger charge is 2.21. The van der Waals surface area contributed by atoms with E-state index in [-0.39, 0.29) is 6.10 Å². The average molecular weight is 280 g/mol. The van der Waals surface area contributed by atoms with Gasteiger partial charge in [-0.3, -0.25) is 4.55 Å². The van der Waals surface area contributed by atoms with Gasteiger partial charge in [0.15, 0.2) is 0 Å². The summed E-state index contributed by atoms with van der Waals surface area (Å²) in [5.41, 5.74) is 0. The van der Waals surface area contributed by atoms with Crippen LogP contribution in [0.15, 0.2) is 0 Å². The Bertz CT molecular complexity index is 287. The molecule has 0 aliphatic heterocycles. The Morgan fingerprint density at radius 1 is 0.944 bits per heavy atom. The van der Waals surface area contributed by atoms with Crippen molar-refractivity contribution in [1.29, 1.82) is 0 Å². The van der Waals surface area contributed by atoms with E-state index in [0.717, 1.165) is 44.9 Å². The molecular weight excluding hydrogens is 252 g/mol. The molecule has 110 valence electrons. The fourth-order valence-corrected chi connectivity index (χ4v) is 2.94. The van der Waals surface area contributed by atoms with Gasteiger partial charge in [0.25, 0.3) is 10.1 Å². The summed E-state index contributed by atoms with van der Waals surface area (Å²) in [7, 11) is -3.89. The summed E-state index contributed by atoms with van der Waals surface area (Å²) in [6.45, 7) is 3.96. The van der Waals surface area contributed by atoms with Crippen molar-refractivity contribution in [2.45, 2.75) is 83.0 Å². The van der Waals surface area contributed by atoms with Crippen LogP contribution in [0.25, 0.3) is 0 Å². The summed E-state index contributed by atoms with van der Waals surface area (Å²) in [5.74, 6) is 0. The fraction of sp³-hybridized carbons (Fsp3) is 1.00. The van der Waals surface area contributed by atoms with Crippen LogP contribution in [0.5, 0.6) is 0 Å². The predicted molar refractivity (Wildman–Crippen MR) is 74.2 cm³/mol. The van der Waals surface area contributed by atoms with E-state index in [0.29, 0.717) is 12.8 Å². The SMILES string of the molecule is CCCCC(CCCCCC(O)CC)S(=O)(=O)O. The van der Waals surface area contributed by atoms with Crippen LogP contribution in [0, 0.1) is 0 Å². The number of hydrogen-bond acceptors (Lipinski definition) is 3. The first kappa shape index (κ1) is 17.9. The van der Waals surface area contributed by atoms with Crippen molar-refractivity contribution in [2.24, 2.45) is 0 Å². The van der Waals surface area contributed by atoms with Crippen molar-refractivity contribution < 1.29 is 18.1 Å². The Morgan fingerprint density at radius 2 is 1.50 bits per heavy atom. The van der Waals surface area contributed by atoms with Gasteiger partial charge in [-0.05, 0) is 25.7 Å². The van der Waals surface area contributed by atoms with Crippen LogP contribution in [0.1, 0.15) is 71.6 Å². The highest BCUT2D eigenvalue weighted by atomic mass is 32.2. The summed E-state index contributed by atoms with van der Waals surface area (Å²) in [5, 5.41) is 8.77. The molecule has 0 radical (unpaired) electrons. The average Bonchev–Trinajstić information content (AvgIpc) is 2.30. The lowest BCUT2D eigenvalue weighted by Crippen LogP contribution is -2.20. The zero-order valence-electron chi connectivity index (χ0n) is 11.6. The molecule has 0 rings (SSSR count). The Hall–Kier alpha value is -0.130. The van der Waals surface area contributed by atoms with Crippen molar-refractivity contribution in [1.82, 2.24) is 0 Å². The first-order valence-corrected chi connectivity index (χ1v) is 8.56. The maximum atomic E-state index is 11.2. The molecule has 0 spiro atoms. The molecule has 18 heavy (non-hydrogen) atoms. The van der Waals surface area contributed by atoms with Crippen LogP contribution in [-0.2, 0) is 10.1 Å². The topological polar surface area (TPSA) is 74.6 Å². The second-order valence-corrected chi connectivity index (χ2v) is 6.68. The lowest BCUT2D eigenvalue weighted by Gasteiger charge is -2.13. The zero-order chi connectivity index (χ0) is 14.0. The van der Waals surface area contributed by atoms with E-state index in [1.54, 1.807) is 0 Å². The lowest BCUT2D eigenvalue weighted by atomic mass is 10.0. The summed E-state index contributed by atoms with van der Waals surface area (Å²) in [4.78, 5) is 0. The molecule has 2 N–H and O–H groups in total. The van der Waals surface area contributed by atoms with Crippen molar-refractivity contribution in [2.75, 3.05) is 0 Å². The molecule has 4 nitrogen and oxygen atoms in total. The van der Waals surface area contributed by atoms with Gasteiger partial charge >= 0.3 is 0 Å². The van der Waals surface area contributed by atoms with Gasteiger partial charge < -0.3 is 5.11 Å². The number of aliphatic hydroxyl groups is 1. The summed E-state index contributed by atoms with van der Waals surface area (Å²) in [6.07, 6.45) is 6.79. The molecule has 0 saturated heterocycles. The summed E-state index contributed by atoms with van der Waals surface area (Å²) in [6, 6.07) is 0. The monoisotopic (exact) mass is 280 g/mol. The highest BCUT2D eigenvalue weighted by molar-refractivity contribution is 7.86. The number of rotatable bonds is 11. The van der Waals surface area contributed by atoms with Crippen LogP contribution < -0.4 is 0 Å². The minimum atomic E-state index is -3.89. The summed E-state index contributed by atoms with van der Waals surface area (Å²) >= 11 is 0. The Balaban J connectivity index is 3.84. The molecule has 0 amide bonds. The number of unbranched alkanes of at least 4 members (excludes halogenated alkanes) is 3. The van der Waals surface area contributed by atoms with Crippen LogP contribution in [0.3, 0.4) is 0 Å². The standard InChI is InChI=1S/C13H28O4S/c1-3-5-10-13(18(15,16)17)11-8-6-7-9-12(14)4-2/h12-14H,3-11H2,1-2H3,(H,15,16,17). The minimum Gasteiger partial charge on any atom is -0.393 e. The molecule has 0 aromatic heterocycles. The molecule has 0 fully saturated rings. The van der Waals surface area contributed by atoms with Crippen molar-refractivity contribution in [3.05, 3.63) is 0 Å². The molecule has 0 heterocycles. The van der Waals surface area contributed by atoms with Crippen molar-refractivity contribution in [3.8, 4) is 0 Å². The lowest BCUT2D eigenvalue weighted by molar-refractivity contribution is 0.156. The largest absolute Gasteiger partial charge is 0.393 e. The molecule has 0 bridgehead atoms. The highest BCUT2D eigenvalue weighted by Crippen LogP contribution is 2.17. The van der Waals surface area contributed by atoms with Gasteiger partial charge in [0.2, 0.25) is 0 Å². The molecule has 0 saturated carbocycles. The second-order valence-electron chi connectivity index (χ2n) is 4.98. The Morgan fingerprint density at radius 3 is 2.00 bits per heavy atom. The van der Waals surface area contributed by atoms with Gasteiger partial charge in [-0.1, -0.05) is 46.0 Å². The second kappa shape index (κ2) is 9.75. The van der Waals surface area contributed by atoms with Crippen LogP contribution in [-0.4, -0.2) is 29.4 Å². The van der Waals surface area contributed by atoms with E-state index >= 15 is 0 Å². The fourth-order valence-electron chi connectivity index (χ4n) is 2.01. The van der Waals surface area contributed by atoms with Gasteiger partial charge in [-0.15, -0.1) is 0 Å². The van der Waals surface area contributed by atoms with Gasteiger partial charge in [0.05, 0.1) is 11.4 Å². The van der Waals surface area contributed by atoms with Gasteiger partial charge in [0.1, 0.15) is 0 Å². The molecular formula is C13H28O4S. The van der Waals surface area contributed by atoms with Crippen molar-refractivity contribution in [3.63, 3.8) is 0 Å². The molecule has 2 unspecified atom stereocenters. The normalized spacial score (nSPS) is 15.6. The van der Waals surface area contributed by atoms with Crippen LogP contribution in [0.4, 0.5) is 0 Å². The smallest absolute Gasteiger partial charge is 0.267 e. The van der Waals surface area contributed by atoms with E-state index < -0.39 is 15.4 Å². The first-order chi connectivity index (χ1) is 8.41. The molecule has 0 aliphatic rings. The molecule has 0 aliphatic carbocycles. The third kappa shape index (κ3) is 8.89. The van der Waals surface area contributed by atoms with Gasteiger partial charge in [0, 0.05) is 0 Å². The maximum absolute atomic E-state index is 11.2. The third-order valence-electron chi connectivity index (χ3n) is 3.34. The van der Waals surface area contributed by atoms with E-state index in [4.69, 9.17) is 4.55 Å². The van der Waals surface area contributed by atoms with E-state index in [1.807, 2.05) is 13.8 Å².